The maximum Gasteiger partial charge on any atom is 0.179 e. The zero-order valence-electron chi connectivity index (χ0n) is 9.14. The predicted molar refractivity (Wildman–Crippen MR) is 70.4 cm³/mol. The Kier molecular flexibility index (Phi) is 2.26. The monoisotopic (exact) mass is 288 g/mol. The van der Waals surface area contributed by atoms with Crippen molar-refractivity contribution in [3.8, 4) is 0 Å². The highest BCUT2D eigenvalue weighted by Gasteiger charge is 2.09. The van der Waals surface area contributed by atoms with E-state index in [1.54, 1.807) is 6.20 Å². The Bertz CT molecular complexity index is 746. The number of benzene rings is 1. The molecule has 2 heterocycles. The molecule has 0 saturated heterocycles. The van der Waals surface area contributed by atoms with Crippen LogP contribution in [0.3, 0.4) is 0 Å². The molecule has 84 valence electrons. The molecule has 1 aromatic carbocycles. The largest absolute Gasteiger partial charge is 0.298 e. The molecular formula is C13H9BrN2O. The normalized spacial score (nSPS) is 11.2. The van der Waals surface area contributed by atoms with E-state index in [9.17, 15) is 4.79 Å². The van der Waals surface area contributed by atoms with Gasteiger partial charge in [-0.3, -0.25) is 9.20 Å². The third kappa shape index (κ3) is 1.56. The Morgan fingerprint density at radius 3 is 2.88 bits per heavy atom. The molecule has 0 bridgehead atoms. The zero-order valence-corrected chi connectivity index (χ0v) is 10.7. The maximum atomic E-state index is 11.3. The number of aromatic nitrogens is 2. The van der Waals surface area contributed by atoms with Crippen LogP contribution in [0.15, 0.2) is 41.0 Å². The van der Waals surface area contributed by atoms with Gasteiger partial charge in [-0.2, -0.15) is 0 Å². The van der Waals surface area contributed by atoms with Crippen molar-refractivity contribution < 1.29 is 4.79 Å². The fraction of sp³-hybridized carbons (Fsp3) is 0.0769. The first-order valence-corrected chi connectivity index (χ1v) is 6.03. The average molecular weight is 289 g/mol. The van der Waals surface area contributed by atoms with Gasteiger partial charge in [-0.15, -0.1) is 0 Å². The average Bonchev–Trinajstić information content (AvgIpc) is 2.73. The number of carbonyl (C=O) groups is 1. The Labute approximate surface area is 106 Å². The van der Waals surface area contributed by atoms with Crippen LogP contribution < -0.4 is 0 Å². The Morgan fingerprint density at radius 1 is 1.29 bits per heavy atom. The van der Waals surface area contributed by atoms with E-state index >= 15 is 0 Å². The molecule has 0 radical (unpaired) electrons. The molecule has 0 atom stereocenters. The van der Waals surface area contributed by atoms with Gasteiger partial charge in [0, 0.05) is 17.6 Å². The molecule has 0 fully saturated rings. The molecular weight excluding hydrogens is 280 g/mol. The molecule has 0 saturated carbocycles. The SMILES string of the molecule is CC(=O)c1cn2c(ccc3cccc(Br)c32)n1. The molecule has 3 rings (SSSR count). The summed E-state index contributed by atoms with van der Waals surface area (Å²) >= 11 is 3.53. The molecule has 0 aliphatic carbocycles. The smallest absolute Gasteiger partial charge is 0.179 e. The predicted octanol–water partition coefficient (Wildman–Crippen LogP) is 3.45. The van der Waals surface area contributed by atoms with E-state index in [0.717, 1.165) is 21.0 Å². The van der Waals surface area contributed by atoms with Gasteiger partial charge in [-0.05, 0) is 39.5 Å². The van der Waals surface area contributed by atoms with Crippen molar-refractivity contribution in [2.75, 3.05) is 0 Å². The molecule has 0 aliphatic rings. The molecule has 0 amide bonds. The van der Waals surface area contributed by atoms with E-state index in [4.69, 9.17) is 0 Å². The Balaban J connectivity index is 2.50. The van der Waals surface area contributed by atoms with Gasteiger partial charge in [0.25, 0.3) is 0 Å². The Morgan fingerprint density at radius 2 is 2.12 bits per heavy atom. The van der Waals surface area contributed by atoms with Gasteiger partial charge in [0.05, 0.1) is 5.52 Å². The van der Waals surface area contributed by atoms with Crippen LogP contribution in [0.4, 0.5) is 0 Å². The highest BCUT2D eigenvalue weighted by atomic mass is 79.9. The van der Waals surface area contributed by atoms with E-state index in [0.29, 0.717) is 5.69 Å². The van der Waals surface area contributed by atoms with Crippen LogP contribution in [0.5, 0.6) is 0 Å². The van der Waals surface area contributed by atoms with E-state index in [-0.39, 0.29) is 5.78 Å². The van der Waals surface area contributed by atoms with Crippen molar-refractivity contribution in [3.63, 3.8) is 0 Å². The lowest BCUT2D eigenvalue weighted by Crippen LogP contribution is -1.90. The number of pyridine rings is 1. The quantitative estimate of drug-likeness (QED) is 0.643. The summed E-state index contributed by atoms with van der Waals surface area (Å²) in [5, 5.41) is 1.11. The summed E-state index contributed by atoms with van der Waals surface area (Å²) in [6.07, 6.45) is 1.78. The summed E-state index contributed by atoms with van der Waals surface area (Å²) < 4.78 is 2.93. The van der Waals surface area contributed by atoms with Crippen LogP contribution in [0.2, 0.25) is 0 Å². The maximum absolute atomic E-state index is 11.3. The van der Waals surface area contributed by atoms with Crippen molar-refractivity contribution in [1.29, 1.82) is 0 Å². The Hall–Kier alpha value is -1.68. The number of para-hydroxylation sites is 1. The number of Topliss-reactive ketones (excluding diaryl/α,β-unsaturated/α-hetero) is 1. The van der Waals surface area contributed by atoms with Gasteiger partial charge in [0.15, 0.2) is 5.78 Å². The first-order chi connectivity index (χ1) is 8.16. The van der Waals surface area contributed by atoms with Crippen molar-refractivity contribution in [3.05, 3.63) is 46.7 Å². The molecule has 0 spiro atoms. The number of hydrogen-bond donors (Lipinski definition) is 0. The summed E-state index contributed by atoms with van der Waals surface area (Å²) in [6.45, 7) is 1.53. The molecule has 3 aromatic rings. The third-order valence-corrected chi connectivity index (χ3v) is 3.40. The molecule has 3 nitrogen and oxygen atoms in total. The fourth-order valence-corrected chi connectivity index (χ4v) is 2.52. The molecule has 0 aliphatic heterocycles. The van der Waals surface area contributed by atoms with E-state index in [1.807, 2.05) is 34.7 Å². The molecule has 0 unspecified atom stereocenters. The molecule has 17 heavy (non-hydrogen) atoms. The number of rotatable bonds is 1. The molecule has 0 N–H and O–H groups in total. The van der Waals surface area contributed by atoms with Gasteiger partial charge < -0.3 is 0 Å². The molecule has 4 heteroatoms. The minimum absolute atomic E-state index is 0.0195. The minimum atomic E-state index is -0.0195. The second kappa shape index (κ2) is 3.67. The molecule has 2 aromatic heterocycles. The number of halogens is 1. The highest BCUT2D eigenvalue weighted by molar-refractivity contribution is 9.10. The highest BCUT2D eigenvalue weighted by Crippen LogP contribution is 2.25. The van der Waals surface area contributed by atoms with E-state index in [2.05, 4.69) is 20.9 Å². The number of nitrogens with zero attached hydrogens (tertiary/aromatic N) is 2. The van der Waals surface area contributed by atoms with Crippen LogP contribution in [0.1, 0.15) is 17.4 Å². The standard InChI is InChI=1S/C13H9BrN2O/c1-8(17)11-7-16-12(15-11)6-5-9-3-2-4-10(14)13(9)16/h2-7H,1H3. The summed E-state index contributed by atoms with van der Waals surface area (Å²) in [6, 6.07) is 9.93. The van der Waals surface area contributed by atoms with Crippen molar-refractivity contribution in [1.82, 2.24) is 9.38 Å². The summed E-state index contributed by atoms with van der Waals surface area (Å²) in [4.78, 5) is 15.6. The van der Waals surface area contributed by atoms with Crippen molar-refractivity contribution in [2.24, 2.45) is 0 Å². The first-order valence-electron chi connectivity index (χ1n) is 5.24. The third-order valence-electron chi connectivity index (χ3n) is 2.76. The van der Waals surface area contributed by atoms with Crippen molar-refractivity contribution in [2.45, 2.75) is 6.92 Å². The van der Waals surface area contributed by atoms with Crippen LogP contribution in [-0.2, 0) is 0 Å². The van der Waals surface area contributed by atoms with E-state index in [1.165, 1.54) is 6.92 Å². The lowest BCUT2D eigenvalue weighted by atomic mass is 10.2. The lowest BCUT2D eigenvalue weighted by molar-refractivity contribution is 0.101. The van der Waals surface area contributed by atoms with Crippen LogP contribution in [-0.4, -0.2) is 15.2 Å². The first kappa shape index (κ1) is 10.5. The number of fused-ring (bicyclic) bond motifs is 3. The minimum Gasteiger partial charge on any atom is -0.298 e. The van der Waals surface area contributed by atoms with Crippen LogP contribution >= 0.6 is 15.9 Å². The number of hydrogen-bond acceptors (Lipinski definition) is 2. The van der Waals surface area contributed by atoms with Gasteiger partial charge >= 0.3 is 0 Å². The zero-order chi connectivity index (χ0) is 12.0. The summed E-state index contributed by atoms with van der Waals surface area (Å²) in [7, 11) is 0. The van der Waals surface area contributed by atoms with Crippen molar-refractivity contribution >= 4 is 38.3 Å². The topological polar surface area (TPSA) is 34.4 Å². The van der Waals surface area contributed by atoms with Gasteiger partial charge in [0.2, 0.25) is 0 Å². The second-order valence-electron chi connectivity index (χ2n) is 3.92. The number of imidazole rings is 1. The lowest BCUT2D eigenvalue weighted by Gasteiger charge is -2.03. The van der Waals surface area contributed by atoms with Gasteiger partial charge in [-0.1, -0.05) is 12.1 Å². The summed E-state index contributed by atoms with van der Waals surface area (Å²) in [5.41, 5.74) is 2.31. The number of carbonyl (C=O) groups excluding carboxylic acids is 1. The fourth-order valence-electron chi connectivity index (χ4n) is 1.95. The summed E-state index contributed by atoms with van der Waals surface area (Å²) in [5.74, 6) is -0.0195. The van der Waals surface area contributed by atoms with Gasteiger partial charge in [-0.25, -0.2) is 4.98 Å². The van der Waals surface area contributed by atoms with E-state index < -0.39 is 0 Å². The van der Waals surface area contributed by atoms with Gasteiger partial charge in [0.1, 0.15) is 11.3 Å². The van der Waals surface area contributed by atoms with Crippen LogP contribution in [0.25, 0.3) is 16.6 Å². The van der Waals surface area contributed by atoms with Crippen LogP contribution in [0, 0.1) is 0 Å². The number of ketones is 1. The second-order valence-corrected chi connectivity index (χ2v) is 4.78.